The number of hydrogen-bond donors (Lipinski definition) is 2. The lowest BCUT2D eigenvalue weighted by atomic mass is 9.98. The third-order valence-corrected chi connectivity index (χ3v) is 5.46. The van der Waals surface area contributed by atoms with Crippen LogP contribution in [0.2, 0.25) is 4.34 Å². The number of hydrogen-bond acceptors (Lipinski definition) is 4. The van der Waals surface area contributed by atoms with Gasteiger partial charge in [0.2, 0.25) is 0 Å². The number of likely N-dealkylation sites (tertiary alicyclic amines) is 1. The van der Waals surface area contributed by atoms with Crippen LogP contribution in [0.4, 0.5) is 5.69 Å². The molecule has 0 spiro atoms. The number of carbonyl (C=O) groups is 2. The van der Waals surface area contributed by atoms with Crippen LogP contribution < -0.4 is 5.32 Å². The fourth-order valence-corrected chi connectivity index (χ4v) is 3.88. The van der Waals surface area contributed by atoms with Crippen LogP contribution in [0.15, 0.2) is 36.4 Å². The Bertz CT molecular complexity index is 777. The molecule has 1 aliphatic rings. The van der Waals surface area contributed by atoms with Crippen LogP contribution in [0.1, 0.15) is 32.9 Å². The minimum atomic E-state index is -0.250. The number of benzene rings is 1. The van der Waals surface area contributed by atoms with Crippen LogP contribution in [0.5, 0.6) is 0 Å². The molecule has 2 heterocycles. The lowest BCUT2D eigenvalue weighted by Crippen LogP contribution is -2.40. The van der Waals surface area contributed by atoms with Crippen molar-refractivity contribution in [2.75, 3.05) is 25.0 Å². The maximum Gasteiger partial charge on any atom is 0.265 e. The molecule has 25 heavy (non-hydrogen) atoms. The van der Waals surface area contributed by atoms with Crippen LogP contribution in [0.3, 0.4) is 0 Å². The molecular weight excluding hydrogens is 360 g/mol. The fraction of sp³-hybridized carbons (Fsp3) is 0.333. The van der Waals surface area contributed by atoms with Crippen molar-refractivity contribution in [2.45, 2.75) is 12.8 Å². The maximum atomic E-state index is 12.7. The molecule has 0 radical (unpaired) electrons. The Hall–Kier alpha value is -1.89. The smallest absolute Gasteiger partial charge is 0.265 e. The molecule has 0 bridgehead atoms. The van der Waals surface area contributed by atoms with Gasteiger partial charge in [0.1, 0.15) is 0 Å². The van der Waals surface area contributed by atoms with Gasteiger partial charge in [-0.3, -0.25) is 9.59 Å². The summed E-state index contributed by atoms with van der Waals surface area (Å²) in [5, 5.41) is 12.1. The van der Waals surface area contributed by atoms with E-state index in [1.165, 1.54) is 11.3 Å². The van der Waals surface area contributed by atoms with E-state index in [0.29, 0.717) is 33.6 Å². The Labute approximate surface area is 155 Å². The number of rotatable bonds is 4. The minimum Gasteiger partial charge on any atom is -0.396 e. The number of carbonyl (C=O) groups excluding carboxylic acids is 2. The van der Waals surface area contributed by atoms with E-state index >= 15 is 0 Å². The van der Waals surface area contributed by atoms with Gasteiger partial charge < -0.3 is 15.3 Å². The van der Waals surface area contributed by atoms with Gasteiger partial charge in [0, 0.05) is 30.9 Å². The first-order valence-corrected chi connectivity index (χ1v) is 9.33. The van der Waals surface area contributed by atoms with Gasteiger partial charge in [-0.2, -0.15) is 0 Å². The molecule has 1 aliphatic heterocycles. The topological polar surface area (TPSA) is 69.6 Å². The maximum absolute atomic E-state index is 12.7. The molecule has 2 amide bonds. The lowest BCUT2D eigenvalue weighted by Gasteiger charge is -2.32. The molecule has 0 saturated carbocycles. The van der Waals surface area contributed by atoms with Crippen LogP contribution in [-0.4, -0.2) is 41.5 Å². The van der Waals surface area contributed by atoms with Crippen LogP contribution >= 0.6 is 22.9 Å². The second-order valence-electron chi connectivity index (χ2n) is 6.08. The van der Waals surface area contributed by atoms with E-state index in [9.17, 15) is 14.7 Å². The summed E-state index contributed by atoms with van der Waals surface area (Å²) in [7, 11) is 0. The van der Waals surface area contributed by atoms with Gasteiger partial charge in [0.05, 0.1) is 9.21 Å². The molecule has 2 aromatic rings. The van der Waals surface area contributed by atoms with Crippen LogP contribution in [0.25, 0.3) is 0 Å². The van der Waals surface area contributed by atoms with Crippen molar-refractivity contribution in [3.63, 3.8) is 0 Å². The fourth-order valence-electron chi connectivity index (χ4n) is 2.94. The third-order valence-electron chi connectivity index (χ3n) is 4.23. The Morgan fingerprint density at radius 3 is 2.88 bits per heavy atom. The van der Waals surface area contributed by atoms with E-state index in [1.807, 2.05) is 0 Å². The zero-order valence-corrected chi connectivity index (χ0v) is 15.1. The standard InChI is InChI=1S/C18H19ClN2O3S/c19-16-7-6-15(25-16)17(23)20-14-5-1-4-13(9-14)18(24)21-8-2-3-12(10-21)11-22/h1,4-7,9,12,22H,2-3,8,10-11H2,(H,20,23)/t12-/m0/s1. The summed E-state index contributed by atoms with van der Waals surface area (Å²) in [6.07, 6.45) is 1.84. The summed E-state index contributed by atoms with van der Waals surface area (Å²) in [6, 6.07) is 10.3. The zero-order chi connectivity index (χ0) is 17.8. The number of nitrogens with zero attached hydrogens (tertiary/aromatic N) is 1. The van der Waals surface area contributed by atoms with Crippen LogP contribution in [-0.2, 0) is 0 Å². The lowest BCUT2D eigenvalue weighted by molar-refractivity contribution is 0.0620. The third kappa shape index (κ3) is 4.39. The summed E-state index contributed by atoms with van der Waals surface area (Å²) >= 11 is 7.06. The summed E-state index contributed by atoms with van der Waals surface area (Å²) in [6.45, 7) is 1.36. The number of amides is 2. The number of aliphatic hydroxyl groups is 1. The van der Waals surface area contributed by atoms with Crippen molar-refractivity contribution in [3.05, 3.63) is 51.2 Å². The molecular formula is C18H19ClN2O3S. The second kappa shape index (κ2) is 7.99. The molecule has 1 saturated heterocycles. The first-order chi connectivity index (χ1) is 12.1. The Balaban J connectivity index is 1.70. The molecule has 7 heteroatoms. The largest absolute Gasteiger partial charge is 0.396 e. The van der Waals surface area contributed by atoms with E-state index in [1.54, 1.807) is 41.3 Å². The first-order valence-electron chi connectivity index (χ1n) is 8.13. The number of piperidine rings is 1. The Morgan fingerprint density at radius 1 is 1.32 bits per heavy atom. The van der Waals surface area contributed by atoms with Crippen molar-refractivity contribution in [2.24, 2.45) is 5.92 Å². The van der Waals surface area contributed by atoms with E-state index in [4.69, 9.17) is 11.6 Å². The van der Waals surface area contributed by atoms with Crippen molar-refractivity contribution >= 4 is 40.4 Å². The number of anilines is 1. The summed E-state index contributed by atoms with van der Waals surface area (Å²) < 4.78 is 0.553. The first kappa shape index (κ1) is 17.9. The van der Waals surface area contributed by atoms with Gasteiger partial charge >= 0.3 is 0 Å². The van der Waals surface area contributed by atoms with Crippen molar-refractivity contribution < 1.29 is 14.7 Å². The monoisotopic (exact) mass is 378 g/mol. The van der Waals surface area contributed by atoms with Gasteiger partial charge in [0.15, 0.2) is 0 Å². The molecule has 0 unspecified atom stereocenters. The van der Waals surface area contributed by atoms with E-state index < -0.39 is 0 Å². The van der Waals surface area contributed by atoms with E-state index in [-0.39, 0.29) is 24.3 Å². The number of halogens is 1. The van der Waals surface area contributed by atoms with Gasteiger partial charge in [-0.05, 0) is 49.1 Å². The van der Waals surface area contributed by atoms with Gasteiger partial charge in [-0.15, -0.1) is 11.3 Å². The molecule has 1 fully saturated rings. The van der Waals surface area contributed by atoms with E-state index in [2.05, 4.69) is 5.32 Å². The molecule has 5 nitrogen and oxygen atoms in total. The number of nitrogens with one attached hydrogen (secondary N) is 1. The average Bonchev–Trinajstić information content (AvgIpc) is 3.08. The summed E-state index contributed by atoms with van der Waals surface area (Å²) in [5.74, 6) is -0.183. The quantitative estimate of drug-likeness (QED) is 0.855. The SMILES string of the molecule is O=C(Nc1cccc(C(=O)N2CCC[C@H](CO)C2)c1)c1ccc(Cl)s1. The summed E-state index contributed by atoms with van der Waals surface area (Å²) in [5.41, 5.74) is 1.09. The molecule has 1 atom stereocenters. The Morgan fingerprint density at radius 2 is 2.16 bits per heavy atom. The zero-order valence-electron chi connectivity index (χ0n) is 13.6. The van der Waals surface area contributed by atoms with E-state index in [0.717, 1.165) is 12.8 Å². The number of thiophene rings is 1. The molecule has 1 aromatic heterocycles. The molecule has 3 rings (SSSR count). The molecule has 132 valence electrons. The van der Waals surface area contributed by atoms with Crippen molar-refractivity contribution in [3.8, 4) is 0 Å². The molecule has 2 N–H and O–H groups in total. The minimum absolute atomic E-state index is 0.0755. The number of aliphatic hydroxyl groups excluding tert-OH is 1. The highest BCUT2D eigenvalue weighted by atomic mass is 35.5. The highest BCUT2D eigenvalue weighted by Gasteiger charge is 2.24. The second-order valence-corrected chi connectivity index (χ2v) is 7.80. The predicted octanol–water partition coefficient (Wildman–Crippen LogP) is 3.50. The van der Waals surface area contributed by atoms with Gasteiger partial charge in [0.25, 0.3) is 11.8 Å². The van der Waals surface area contributed by atoms with Crippen molar-refractivity contribution in [1.29, 1.82) is 0 Å². The highest BCUT2D eigenvalue weighted by Crippen LogP contribution is 2.23. The van der Waals surface area contributed by atoms with Crippen molar-refractivity contribution in [1.82, 2.24) is 4.90 Å². The summed E-state index contributed by atoms with van der Waals surface area (Å²) in [4.78, 5) is 27.2. The van der Waals surface area contributed by atoms with Gasteiger partial charge in [-0.1, -0.05) is 17.7 Å². The normalized spacial score (nSPS) is 17.4. The van der Waals surface area contributed by atoms with Gasteiger partial charge in [-0.25, -0.2) is 0 Å². The molecule has 0 aliphatic carbocycles. The highest BCUT2D eigenvalue weighted by molar-refractivity contribution is 7.18. The average molecular weight is 379 g/mol. The predicted molar refractivity (Wildman–Crippen MR) is 99.4 cm³/mol. The van der Waals surface area contributed by atoms with Crippen LogP contribution in [0, 0.1) is 5.92 Å². The molecule has 1 aromatic carbocycles. The Kier molecular flexibility index (Phi) is 5.73.